The molecule has 1 aromatic heterocycles. The number of hydrogen-bond donors (Lipinski definition) is 0. The minimum Gasteiger partial charge on any atom is -0.342 e. The highest BCUT2D eigenvalue weighted by Gasteiger charge is 2.34. The molecule has 2 fully saturated rings. The Bertz CT molecular complexity index is 792. The van der Waals surface area contributed by atoms with Crippen molar-refractivity contribution in [2.45, 2.75) is 57.9 Å². The minimum atomic E-state index is -0.214. The van der Waals surface area contributed by atoms with E-state index >= 15 is 0 Å². The van der Waals surface area contributed by atoms with Crippen molar-refractivity contribution in [3.05, 3.63) is 53.4 Å². The Morgan fingerprint density at radius 1 is 1.15 bits per heavy atom. The number of likely N-dealkylation sites (tertiary alicyclic amines) is 1. The first-order chi connectivity index (χ1) is 13.1. The third kappa shape index (κ3) is 3.92. The Kier molecular flexibility index (Phi) is 5.28. The standard InChI is InChI=1S/C22H28FN3O/c1-16-13-24-21(26(16)14-17-7-9-20(23)10-8-17)19-11-12-25(15-19)22(27)18-5-3-2-4-6-18/h7-10,13,18-19H,2-6,11-12,14-15H2,1H3. The van der Waals surface area contributed by atoms with Gasteiger partial charge in [0, 0.05) is 43.4 Å². The highest BCUT2D eigenvalue weighted by molar-refractivity contribution is 5.79. The Morgan fingerprint density at radius 2 is 1.89 bits per heavy atom. The van der Waals surface area contributed by atoms with Crippen LogP contribution >= 0.6 is 0 Å². The molecule has 1 unspecified atom stereocenters. The fourth-order valence-electron chi connectivity index (χ4n) is 4.56. The lowest BCUT2D eigenvalue weighted by atomic mass is 9.88. The summed E-state index contributed by atoms with van der Waals surface area (Å²) in [6, 6.07) is 6.65. The van der Waals surface area contributed by atoms with E-state index in [9.17, 15) is 9.18 Å². The van der Waals surface area contributed by atoms with Crippen LogP contribution in [0.5, 0.6) is 0 Å². The molecule has 5 heteroatoms. The van der Waals surface area contributed by atoms with Crippen molar-refractivity contribution < 1.29 is 9.18 Å². The summed E-state index contributed by atoms with van der Waals surface area (Å²) in [6.07, 6.45) is 8.63. The molecule has 4 nitrogen and oxygen atoms in total. The van der Waals surface area contributed by atoms with Gasteiger partial charge in [-0.05, 0) is 43.9 Å². The fourth-order valence-corrected chi connectivity index (χ4v) is 4.56. The normalized spacial score (nSPS) is 21.0. The van der Waals surface area contributed by atoms with Crippen LogP contribution in [0.15, 0.2) is 30.5 Å². The van der Waals surface area contributed by atoms with E-state index in [1.165, 1.54) is 31.4 Å². The van der Waals surface area contributed by atoms with Gasteiger partial charge in [0.1, 0.15) is 11.6 Å². The van der Waals surface area contributed by atoms with Crippen LogP contribution in [0.4, 0.5) is 4.39 Å². The summed E-state index contributed by atoms with van der Waals surface area (Å²) in [5, 5.41) is 0. The largest absolute Gasteiger partial charge is 0.342 e. The molecule has 1 amide bonds. The van der Waals surface area contributed by atoms with Crippen LogP contribution in [0.1, 0.15) is 61.5 Å². The molecule has 1 atom stereocenters. The van der Waals surface area contributed by atoms with E-state index in [2.05, 4.69) is 21.4 Å². The van der Waals surface area contributed by atoms with Crippen molar-refractivity contribution in [1.82, 2.24) is 14.5 Å². The van der Waals surface area contributed by atoms with Gasteiger partial charge < -0.3 is 9.47 Å². The van der Waals surface area contributed by atoms with Gasteiger partial charge in [-0.1, -0.05) is 31.4 Å². The zero-order valence-corrected chi connectivity index (χ0v) is 16.0. The second-order valence-electron chi connectivity index (χ2n) is 8.08. The summed E-state index contributed by atoms with van der Waals surface area (Å²) < 4.78 is 15.4. The van der Waals surface area contributed by atoms with Crippen LogP contribution in [0.25, 0.3) is 0 Å². The van der Waals surface area contributed by atoms with Crippen LogP contribution in [0, 0.1) is 18.7 Å². The van der Waals surface area contributed by atoms with Crippen molar-refractivity contribution in [2.75, 3.05) is 13.1 Å². The van der Waals surface area contributed by atoms with Gasteiger partial charge in [-0.15, -0.1) is 0 Å². The van der Waals surface area contributed by atoms with E-state index in [1.54, 1.807) is 0 Å². The lowest BCUT2D eigenvalue weighted by Gasteiger charge is -2.26. The van der Waals surface area contributed by atoms with Crippen LogP contribution < -0.4 is 0 Å². The summed E-state index contributed by atoms with van der Waals surface area (Å²) in [5.41, 5.74) is 2.17. The fraction of sp³-hybridized carbons (Fsp3) is 0.545. The molecule has 1 aliphatic heterocycles. The number of carbonyl (C=O) groups is 1. The third-order valence-electron chi connectivity index (χ3n) is 6.16. The minimum absolute atomic E-state index is 0.214. The topological polar surface area (TPSA) is 38.1 Å². The highest BCUT2D eigenvalue weighted by atomic mass is 19.1. The van der Waals surface area contributed by atoms with Gasteiger partial charge in [-0.3, -0.25) is 4.79 Å². The molecule has 2 heterocycles. The molecule has 2 aliphatic rings. The number of aryl methyl sites for hydroxylation is 1. The molecule has 0 N–H and O–H groups in total. The zero-order chi connectivity index (χ0) is 18.8. The summed E-state index contributed by atoms with van der Waals surface area (Å²) in [5.74, 6) is 1.71. The second kappa shape index (κ2) is 7.83. The molecule has 0 spiro atoms. The molecular formula is C22H28FN3O. The lowest BCUT2D eigenvalue weighted by molar-refractivity contribution is -0.135. The lowest BCUT2D eigenvalue weighted by Crippen LogP contribution is -2.35. The Morgan fingerprint density at radius 3 is 2.63 bits per heavy atom. The molecule has 1 aromatic carbocycles. The predicted molar refractivity (Wildman–Crippen MR) is 103 cm³/mol. The molecule has 4 rings (SSSR count). The predicted octanol–water partition coefficient (Wildman–Crippen LogP) is 4.28. The van der Waals surface area contributed by atoms with E-state index < -0.39 is 0 Å². The van der Waals surface area contributed by atoms with E-state index in [1.807, 2.05) is 18.3 Å². The summed E-state index contributed by atoms with van der Waals surface area (Å²) in [7, 11) is 0. The monoisotopic (exact) mass is 369 g/mol. The van der Waals surface area contributed by atoms with E-state index in [0.717, 1.165) is 49.4 Å². The molecule has 0 bridgehead atoms. The number of hydrogen-bond acceptors (Lipinski definition) is 2. The van der Waals surface area contributed by atoms with Crippen molar-refractivity contribution in [1.29, 1.82) is 0 Å². The Hall–Kier alpha value is -2.17. The first-order valence-electron chi connectivity index (χ1n) is 10.2. The zero-order valence-electron chi connectivity index (χ0n) is 16.0. The molecular weight excluding hydrogens is 341 g/mol. The van der Waals surface area contributed by atoms with Crippen LogP contribution in [0.3, 0.4) is 0 Å². The Labute approximate surface area is 160 Å². The van der Waals surface area contributed by atoms with Gasteiger partial charge in [0.05, 0.1) is 0 Å². The van der Waals surface area contributed by atoms with Crippen LogP contribution in [-0.2, 0) is 11.3 Å². The maximum absolute atomic E-state index is 13.2. The quantitative estimate of drug-likeness (QED) is 0.807. The van der Waals surface area contributed by atoms with Gasteiger partial charge in [0.2, 0.25) is 5.91 Å². The van der Waals surface area contributed by atoms with Gasteiger partial charge in [-0.2, -0.15) is 0 Å². The van der Waals surface area contributed by atoms with Crippen LogP contribution in [-0.4, -0.2) is 33.4 Å². The summed E-state index contributed by atoms with van der Waals surface area (Å²) in [4.78, 5) is 19.6. The number of imidazole rings is 1. The molecule has 144 valence electrons. The molecule has 2 aromatic rings. The second-order valence-corrected chi connectivity index (χ2v) is 8.08. The SMILES string of the molecule is Cc1cnc(C2CCN(C(=O)C3CCCCC3)C2)n1Cc1ccc(F)cc1. The highest BCUT2D eigenvalue weighted by Crippen LogP contribution is 2.31. The first-order valence-corrected chi connectivity index (χ1v) is 10.2. The van der Waals surface area contributed by atoms with Crippen molar-refractivity contribution in [3.63, 3.8) is 0 Å². The smallest absolute Gasteiger partial charge is 0.225 e. The Balaban J connectivity index is 1.46. The van der Waals surface area contributed by atoms with Crippen molar-refractivity contribution in [3.8, 4) is 0 Å². The van der Waals surface area contributed by atoms with Gasteiger partial charge in [-0.25, -0.2) is 9.37 Å². The maximum Gasteiger partial charge on any atom is 0.225 e. The van der Waals surface area contributed by atoms with E-state index in [4.69, 9.17) is 0 Å². The van der Waals surface area contributed by atoms with Gasteiger partial charge in [0.15, 0.2) is 0 Å². The number of halogens is 1. The van der Waals surface area contributed by atoms with Gasteiger partial charge in [0.25, 0.3) is 0 Å². The summed E-state index contributed by atoms with van der Waals surface area (Å²) in [6.45, 7) is 4.35. The maximum atomic E-state index is 13.2. The van der Waals surface area contributed by atoms with E-state index in [0.29, 0.717) is 12.5 Å². The van der Waals surface area contributed by atoms with E-state index in [-0.39, 0.29) is 17.7 Å². The van der Waals surface area contributed by atoms with Crippen LogP contribution in [0.2, 0.25) is 0 Å². The number of benzene rings is 1. The molecule has 27 heavy (non-hydrogen) atoms. The first kappa shape index (κ1) is 18.2. The number of nitrogens with zero attached hydrogens (tertiary/aromatic N) is 3. The molecule has 1 saturated heterocycles. The third-order valence-corrected chi connectivity index (χ3v) is 6.16. The average Bonchev–Trinajstić information content (AvgIpc) is 3.31. The molecule has 1 aliphatic carbocycles. The molecule has 0 radical (unpaired) electrons. The van der Waals surface area contributed by atoms with Crippen molar-refractivity contribution in [2.24, 2.45) is 5.92 Å². The van der Waals surface area contributed by atoms with Gasteiger partial charge >= 0.3 is 0 Å². The number of aromatic nitrogens is 2. The molecule has 1 saturated carbocycles. The number of rotatable bonds is 4. The van der Waals surface area contributed by atoms with Crippen molar-refractivity contribution >= 4 is 5.91 Å². The average molecular weight is 369 g/mol. The summed E-state index contributed by atoms with van der Waals surface area (Å²) >= 11 is 0. The number of carbonyl (C=O) groups excluding carboxylic acids is 1. The number of amides is 1.